The van der Waals surface area contributed by atoms with Crippen LogP contribution in [-0.2, 0) is 25.6 Å². The SMILES string of the molecule is CC1(C)SCC(C(=O)NC(Cc2ccc(NC(=O)c3c(Cl)cccc3Cl)cc2)C(=O)O)N1C(=O)CCC(=O)O. The summed E-state index contributed by atoms with van der Waals surface area (Å²) in [5.41, 5.74) is 1.13. The number of anilines is 1. The molecule has 0 radical (unpaired) electrons. The largest absolute Gasteiger partial charge is 0.481 e. The standard InChI is InChI=1S/C26H27Cl2N3O7S/c1-26(2)31(20(32)10-11-21(33)34)19(13-39-26)23(35)30-18(25(37)38)12-14-6-8-15(9-7-14)29-24(36)22-16(27)4-3-5-17(22)28/h3-9,18-19H,10-13H2,1-2H3,(H,29,36)(H,30,35)(H,33,34)(H,37,38). The Morgan fingerprint density at radius 1 is 1.03 bits per heavy atom. The first-order chi connectivity index (χ1) is 18.3. The van der Waals surface area contributed by atoms with Crippen LogP contribution in [0.25, 0.3) is 0 Å². The number of hydrogen-bond donors (Lipinski definition) is 4. The van der Waals surface area contributed by atoms with Gasteiger partial charge >= 0.3 is 11.9 Å². The molecular weight excluding hydrogens is 569 g/mol. The van der Waals surface area contributed by atoms with Gasteiger partial charge in [-0.3, -0.25) is 19.2 Å². The molecule has 4 N–H and O–H groups in total. The fourth-order valence-electron chi connectivity index (χ4n) is 4.14. The molecule has 0 saturated carbocycles. The number of benzene rings is 2. The maximum absolute atomic E-state index is 13.1. The van der Waals surface area contributed by atoms with Gasteiger partial charge in [0.1, 0.15) is 12.1 Å². The van der Waals surface area contributed by atoms with Gasteiger partial charge in [0.2, 0.25) is 11.8 Å². The smallest absolute Gasteiger partial charge is 0.326 e. The van der Waals surface area contributed by atoms with Gasteiger partial charge in [-0.25, -0.2) is 4.79 Å². The highest BCUT2D eigenvalue weighted by molar-refractivity contribution is 8.00. The molecule has 0 bridgehead atoms. The van der Waals surface area contributed by atoms with Crippen molar-refractivity contribution in [1.29, 1.82) is 0 Å². The molecule has 1 aliphatic heterocycles. The van der Waals surface area contributed by atoms with Crippen LogP contribution in [0.4, 0.5) is 5.69 Å². The molecule has 1 heterocycles. The normalized spacial score (nSPS) is 16.8. The number of thioether (sulfide) groups is 1. The fourth-order valence-corrected chi connectivity index (χ4v) is 5.94. The van der Waals surface area contributed by atoms with Crippen molar-refractivity contribution >= 4 is 70.3 Å². The lowest BCUT2D eigenvalue weighted by Gasteiger charge is -2.34. The third-order valence-electron chi connectivity index (χ3n) is 6.07. The number of carboxylic acids is 2. The molecular formula is C26H27Cl2N3O7S. The summed E-state index contributed by atoms with van der Waals surface area (Å²) in [5.74, 6) is -3.78. The predicted molar refractivity (Wildman–Crippen MR) is 148 cm³/mol. The van der Waals surface area contributed by atoms with Crippen LogP contribution >= 0.6 is 35.0 Å². The van der Waals surface area contributed by atoms with Crippen molar-refractivity contribution < 1.29 is 34.2 Å². The lowest BCUT2D eigenvalue weighted by molar-refractivity contribution is -0.146. The van der Waals surface area contributed by atoms with Crippen molar-refractivity contribution in [1.82, 2.24) is 10.2 Å². The van der Waals surface area contributed by atoms with Crippen LogP contribution in [0.2, 0.25) is 10.0 Å². The summed E-state index contributed by atoms with van der Waals surface area (Å²) in [4.78, 5) is 61.8. The number of halogens is 2. The predicted octanol–water partition coefficient (Wildman–Crippen LogP) is 3.90. The Balaban J connectivity index is 1.67. The molecule has 39 heavy (non-hydrogen) atoms. The minimum Gasteiger partial charge on any atom is -0.481 e. The summed E-state index contributed by atoms with van der Waals surface area (Å²) in [7, 11) is 0. The van der Waals surface area contributed by atoms with Gasteiger partial charge in [0.25, 0.3) is 5.91 Å². The molecule has 1 saturated heterocycles. The maximum Gasteiger partial charge on any atom is 0.326 e. The number of aliphatic carboxylic acids is 2. The number of rotatable bonds is 10. The minimum absolute atomic E-state index is 0.0537. The Hall–Kier alpha value is -3.28. The molecule has 0 aliphatic carbocycles. The number of hydrogen-bond acceptors (Lipinski definition) is 6. The van der Waals surface area contributed by atoms with Gasteiger partial charge in [-0.2, -0.15) is 0 Å². The molecule has 13 heteroatoms. The second-order valence-electron chi connectivity index (χ2n) is 9.28. The zero-order valence-electron chi connectivity index (χ0n) is 21.1. The van der Waals surface area contributed by atoms with Crippen molar-refractivity contribution in [3.63, 3.8) is 0 Å². The molecule has 1 aliphatic rings. The molecule has 10 nitrogen and oxygen atoms in total. The van der Waals surface area contributed by atoms with E-state index in [1.165, 1.54) is 16.7 Å². The van der Waals surface area contributed by atoms with Crippen molar-refractivity contribution in [3.05, 3.63) is 63.6 Å². The highest BCUT2D eigenvalue weighted by Crippen LogP contribution is 2.39. The number of nitrogens with zero attached hydrogens (tertiary/aromatic N) is 1. The van der Waals surface area contributed by atoms with Gasteiger partial charge in [0.15, 0.2) is 0 Å². The zero-order chi connectivity index (χ0) is 28.9. The Kier molecular flexibility index (Phi) is 9.87. The van der Waals surface area contributed by atoms with Crippen molar-refractivity contribution in [3.8, 4) is 0 Å². The summed E-state index contributed by atoms with van der Waals surface area (Å²) in [5, 5.41) is 24.3. The van der Waals surface area contributed by atoms with Crippen LogP contribution in [0.1, 0.15) is 42.6 Å². The number of carbonyl (C=O) groups is 5. The van der Waals surface area contributed by atoms with E-state index >= 15 is 0 Å². The molecule has 3 amide bonds. The van der Waals surface area contributed by atoms with Gasteiger partial charge < -0.3 is 25.7 Å². The summed E-state index contributed by atoms with van der Waals surface area (Å²) in [6.45, 7) is 3.50. The summed E-state index contributed by atoms with van der Waals surface area (Å²) >= 11 is 13.5. The van der Waals surface area contributed by atoms with Crippen molar-refractivity contribution in [2.75, 3.05) is 11.1 Å². The zero-order valence-corrected chi connectivity index (χ0v) is 23.4. The molecule has 208 valence electrons. The average molecular weight is 596 g/mol. The highest BCUT2D eigenvalue weighted by Gasteiger charge is 2.46. The van der Waals surface area contributed by atoms with Crippen LogP contribution < -0.4 is 10.6 Å². The first kappa shape index (κ1) is 30.3. The van der Waals surface area contributed by atoms with Crippen LogP contribution in [0.3, 0.4) is 0 Å². The Labute approximate surface area is 239 Å². The third kappa shape index (κ3) is 7.65. The van der Waals surface area contributed by atoms with E-state index in [0.717, 1.165) is 0 Å². The van der Waals surface area contributed by atoms with Crippen LogP contribution in [-0.4, -0.2) is 67.5 Å². The fraction of sp³-hybridized carbons (Fsp3) is 0.346. The summed E-state index contributed by atoms with van der Waals surface area (Å²) in [6, 6.07) is 8.87. The van der Waals surface area contributed by atoms with E-state index in [-0.39, 0.29) is 40.6 Å². The van der Waals surface area contributed by atoms with Gasteiger partial charge in [-0.05, 0) is 43.7 Å². The van der Waals surface area contributed by atoms with Crippen LogP contribution in [0.15, 0.2) is 42.5 Å². The number of nitrogens with one attached hydrogen (secondary N) is 2. The molecule has 1 fully saturated rings. The number of amides is 3. The van der Waals surface area contributed by atoms with Crippen molar-refractivity contribution in [2.45, 2.75) is 50.1 Å². The number of carbonyl (C=O) groups excluding carboxylic acids is 3. The topological polar surface area (TPSA) is 153 Å². The molecule has 2 unspecified atom stereocenters. The van der Waals surface area contributed by atoms with Gasteiger partial charge in [-0.1, -0.05) is 41.4 Å². The summed E-state index contributed by atoms with van der Waals surface area (Å²) < 4.78 is 0. The van der Waals surface area contributed by atoms with Gasteiger partial charge in [0, 0.05) is 24.3 Å². The third-order valence-corrected chi connectivity index (χ3v) is 8.08. The molecule has 2 aromatic carbocycles. The first-order valence-electron chi connectivity index (χ1n) is 11.9. The Morgan fingerprint density at radius 3 is 2.21 bits per heavy atom. The molecule has 3 rings (SSSR count). The van der Waals surface area contributed by atoms with Crippen LogP contribution in [0.5, 0.6) is 0 Å². The molecule has 0 spiro atoms. The average Bonchev–Trinajstić information content (AvgIpc) is 3.18. The lowest BCUT2D eigenvalue weighted by atomic mass is 10.0. The second-order valence-corrected chi connectivity index (χ2v) is 11.7. The van der Waals surface area contributed by atoms with Crippen molar-refractivity contribution in [2.24, 2.45) is 0 Å². The van der Waals surface area contributed by atoms with Gasteiger partial charge in [-0.15, -0.1) is 11.8 Å². The van der Waals surface area contributed by atoms with E-state index < -0.39 is 46.6 Å². The van der Waals surface area contributed by atoms with Gasteiger partial charge in [0.05, 0.1) is 26.9 Å². The number of carboxylic acid groups (broad SMARTS) is 2. The summed E-state index contributed by atoms with van der Waals surface area (Å²) in [6.07, 6.45) is -0.692. The second kappa shape index (κ2) is 12.7. The Bertz CT molecular complexity index is 1270. The van der Waals surface area contributed by atoms with E-state index in [1.807, 2.05) is 0 Å². The maximum atomic E-state index is 13.1. The van der Waals surface area contributed by atoms with E-state index in [4.69, 9.17) is 28.3 Å². The molecule has 2 atom stereocenters. The molecule has 0 aromatic heterocycles. The quantitative estimate of drug-likeness (QED) is 0.322. The minimum atomic E-state index is -1.29. The van der Waals surface area contributed by atoms with E-state index in [2.05, 4.69) is 10.6 Å². The van der Waals surface area contributed by atoms with E-state index in [9.17, 15) is 29.1 Å². The van der Waals surface area contributed by atoms with E-state index in [0.29, 0.717) is 11.3 Å². The lowest BCUT2D eigenvalue weighted by Crippen LogP contribution is -2.55. The highest BCUT2D eigenvalue weighted by atomic mass is 35.5. The van der Waals surface area contributed by atoms with Crippen LogP contribution in [0, 0.1) is 0 Å². The molecule has 2 aromatic rings. The Morgan fingerprint density at radius 2 is 1.64 bits per heavy atom. The first-order valence-corrected chi connectivity index (χ1v) is 13.6. The monoisotopic (exact) mass is 595 g/mol. The van der Waals surface area contributed by atoms with E-state index in [1.54, 1.807) is 56.3 Å².